The van der Waals surface area contributed by atoms with E-state index in [-0.39, 0.29) is 26.1 Å². The first-order chi connectivity index (χ1) is 40.0. The number of esters is 2. The maximum Gasteiger partial charge on any atom is 0.306 e. The number of carbonyl (C=O) groups excluding carboxylic acids is 2. The van der Waals surface area contributed by atoms with E-state index in [0.29, 0.717) is 23.9 Å². The van der Waals surface area contributed by atoms with Gasteiger partial charge in [0.1, 0.15) is 19.8 Å². The molecule has 82 heavy (non-hydrogen) atoms. The van der Waals surface area contributed by atoms with Crippen LogP contribution in [0.15, 0.2) is 158 Å². The molecule has 0 aromatic rings. The van der Waals surface area contributed by atoms with E-state index in [2.05, 4.69) is 172 Å². The number of nitrogens with zero attached hydrogens (tertiary/aromatic N) is 1. The number of allylic oxidation sites excluding steroid dienone is 26. The number of rotatable bonds is 57. The Kier molecular flexibility index (Phi) is 57.9. The zero-order valence-electron chi connectivity index (χ0n) is 52.6. The van der Waals surface area contributed by atoms with Gasteiger partial charge in [0.2, 0.25) is 0 Å². The predicted octanol–water partition coefficient (Wildman–Crippen LogP) is 20.2. The van der Waals surface area contributed by atoms with Crippen molar-refractivity contribution in [2.24, 2.45) is 0 Å². The second-order valence-corrected chi connectivity index (χ2v) is 23.4. The van der Waals surface area contributed by atoms with Crippen LogP contribution in [-0.2, 0) is 32.7 Å². The lowest BCUT2D eigenvalue weighted by Crippen LogP contribution is -2.37. The summed E-state index contributed by atoms with van der Waals surface area (Å²) in [7, 11) is 1.13. The average molecular weight is 1160 g/mol. The fourth-order valence-electron chi connectivity index (χ4n) is 8.17. The molecule has 0 aromatic heterocycles. The zero-order valence-corrected chi connectivity index (χ0v) is 53.5. The van der Waals surface area contributed by atoms with Crippen LogP contribution in [-0.4, -0.2) is 70.0 Å². The Morgan fingerprint density at radius 3 is 0.976 bits per heavy atom. The van der Waals surface area contributed by atoms with E-state index in [4.69, 9.17) is 18.5 Å². The number of likely N-dealkylation sites (N-methyl/N-ethyl adjacent to an activating group) is 1. The van der Waals surface area contributed by atoms with Crippen molar-refractivity contribution >= 4 is 19.8 Å². The molecule has 0 bridgehead atoms. The summed E-state index contributed by atoms with van der Waals surface area (Å²) in [5, 5.41) is 0. The maximum absolute atomic E-state index is 12.8. The lowest BCUT2D eigenvalue weighted by Gasteiger charge is -2.28. The summed E-state index contributed by atoms with van der Waals surface area (Å²) in [6.45, 7) is 3.98. The highest BCUT2D eigenvalue weighted by Crippen LogP contribution is 2.38. The molecule has 10 heteroatoms. The van der Waals surface area contributed by atoms with Gasteiger partial charge in [0.05, 0.1) is 27.7 Å². The van der Waals surface area contributed by atoms with Gasteiger partial charge in [-0.3, -0.25) is 14.2 Å². The third-order valence-corrected chi connectivity index (χ3v) is 14.0. The number of quaternary nitrogens is 1. The van der Waals surface area contributed by atoms with Crippen LogP contribution >= 0.6 is 7.82 Å². The molecule has 0 spiro atoms. The van der Waals surface area contributed by atoms with Crippen LogP contribution in [0, 0.1) is 0 Å². The van der Waals surface area contributed by atoms with E-state index >= 15 is 0 Å². The lowest BCUT2D eigenvalue weighted by molar-refractivity contribution is -0.870. The fourth-order valence-corrected chi connectivity index (χ4v) is 8.90. The van der Waals surface area contributed by atoms with Crippen LogP contribution < -0.4 is 4.89 Å². The Morgan fingerprint density at radius 1 is 0.378 bits per heavy atom. The van der Waals surface area contributed by atoms with Crippen molar-refractivity contribution in [1.29, 1.82) is 0 Å². The highest BCUT2D eigenvalue weighted by atomic mass is 31.2. The van der Waals surface area contributed by atoms with Crippen molar-refractivity contribution in [1.82, 2.24) is 0 Å². The molecule has 464 valence electrons. The van der Waals surface area contributed by atoms with Crippen molar-refractivity contribution < 1.29 is 42.1 Å². The van der Waals surface area contributed by atoms with E-state index in [1.54, 1.807) is 0 Å². The van der Waals surface area contributed by atoms with Crippen molar-refractivity contribution in [3.05, 3.63) is 158 Å². The molecule has 2 unspecified atom stereocenters. The highest BCUT2D eigenvalue weighted by molar-refractivity contribution is 7.45. The average Bonchev–Trinajstić information content (AvgIpc) is 3.45. The number of unbranched alkanes of at least 4 members (excludes halogenated alkanes) is 17. The number of hydrogen-bond donors (Lipinski definition) is 0. The van der Waals surface area contributed by atoms with Gasteiger partial charge in [-0.05, 0) is 122 Å². The van der Waals surface area contributed by atoms with Crippen molar-refractivity contribution in [2.45, 2.75) is 238 Å². The van der Waals surface area contributed by atoms with Gasteiger partial charge in [0.15, 0.2) is 6.10 Å². The summed E-state index contributed by atoms with van der Waals surface area (Å²) in [5.41, 5.74) is 0. The van der Waals surface area contributed by atoms with E-state index in [0.717, 1.165) is 141 Å². The molecule has 9 nitrogen and oxygen atoms in total. The Hall–Kier alpha value is -4.37. The van der Waals surface area contributed by atoms with Crippen LogP contribution in [0.4, 0.5) is 0 Å². The molecule has 0 radical (unpaired) electrons. The Labute approximate surface area is 503 Å². The summed E-state index contributed by atoms with van der Waals surface area (Å²) in [4.78, 5) is 38.0. The molecular formula is C72H118NO8P. The topological polar surface area (TPSA) is 111 Å². The minimum Gasteiger partial charge on any atom is -0.756 e. The fraction of sp³-hybridized carbons (Fsp3) is 0.611. The quantitative estimate of drug-likeness (QED) is 0.0195. The van der Waals surface area contributed by atoms with Gasteiger partial charge in [0.25, 0.3) is 7.82 Å². The first-order valence-electron chi connectivity index (χ1n) is 32.2. The van der Waals surface area contributed by atoms with Gasteiger partial charge in [0, 0.05) is 12.8 Å². The van der Waals surface area contributed by atoms with Crippen LogP contribution in [0.5, 0.6) is 0 Å². The largest absolute Gasteiger partial charge is 0.756 e. The number of phosphoric acid groups is 1. The summed E-state index contributed by atoms with van der Waals surface area (Å²) in [6.07, 6.45) is 91.5. The van der Waals surface area contributed by atoms with Crippen molar-refractivity contribution in [3.8, 4) is 0 Å². The maximum atomic E-state index is 12.8. The SMILES string of the molecule is CC/C=C\C/C=C\C/C=C\C/C=C\C/C=C\C/C=C\C/C=C\C/C=C\C/C=C\CCCCCCCCCC(=O)OC(COC(=O)CCCCCCCCCCCC/C=C\C/C=C\C/C=C\C/C=C\CC)COP(=O)([O-])OCC[N+](C)(C)C. The minimum absolute atomic E-state index is 0.0425. The summed E-state index contributed by atoms with van der Waals surface area (Å²) in [6, 6.07) is 0. The smallest absolute Gasteiger partial charge is 0.306 e. The molecular weight excluding hydrogens is 1040 g/mol. The van der Waals surface area contributed by atoms with Gasteiger partial charge in [-0.25, -0.2) is 0 Å². The zero-order chi connectivity index (χ0) is 59.8. The molecule has 0 saturated heterocycles. The number of ether oxygens (including phenoxy) is 2. The van der Waals surface area contributed by atoms with Gasteiger partial charge < -0.3 is 27.9 Å². The molecule has 0 N–H and O–H groups in total. The number of phosphoric ester groups is 1. The van der Waals surface area contributed by atoms with Crippen molar-refractivity contribution in [3.63, 3.8) is 0 Å². The molecule has 0 saturated carbocycles. The standard InChI is InChI=1S/C72H118NO8P/c1-6-8-10-12-14-16-18-20-22-24-26-28-30-31-32-33-34-35-36-37-38-39-40-41-43-45-47-49-51-53-55-57-59-61-63-65-72(75)81-70(69-80-82(76,77)79-67-66-73(3,4)5)68-78-71(74)64-62-60-58-56-54-52-50-48-46-44-42-29-27-25-23-21-19-17-15-13-11-9-7-2/h8-11,14-17,20-23,26-29,31-32,34-35,37-38,40-41,45,47,70H,6-7,12-13,18-19,24-25,30,33,36,39,42-44,46,48-69H2,1-5H3/b10-8-,11-9-,16-14-,17-15-,22-20-,23-21-,28-26-,29-27-,32-31-,35-34-,38-37-,41-40-,47-45-. The molecule has 0 aromatic carbocycles. The van der Waals surface area contributed by atoms with E-state index in [1.165, 1.54) is 51.4 Å². The molecule has 0 rings (SSSR count). The molecule has 0 amide bonds. The summed E-state index contributed by atoms with van der Waals surface area (Å²) >= 11 is 0. The van der Waals surface area contributed by atoms with Crippen LogP contribution in [0.25, 0.3) is 0 Å². The summed E-state index contributed by atoms with van der Waals surface area (Å²) < 4.78 is 34.2. The third-order valence-electron chi connectivity index (χ3n) is 13.0. The monoisotopic (exact) mass is 1160 g/mol. The molecule has 0 heterocycles. The molecule has 0 aliphatic rings. The third kappa shape index (κ3) is 64.8. The van der Waals surface area contributed by atoms with Gasteiger partial charge in [-0.15, -0.1) is 0 Å². The van der Waals surface area contributed by atoms with Gasteiger partial charge >= 0.3 is 11.9 Å². The van der Waals surface area contributed by atoms with Crippen LogP contribution in [0.3, 0.4) is 0 Å². The first-order valence-corrected chi connectivity index (χ1v) is 33.7. The molecule has 0 aliphatic carbocycles. The lowest BCUT2D eigenvalue weighted by atomic mass is 10.1. The van der Waals surface area contributed by atoms with Gasteiger partial charge in [-0.1, -0.05) is 255 Å². The molecule has 0 aliphatic heterocycles. The van der Waals surface area contributed by atoms with Gasteiger partial charge in [-0.2, -0.15) is 0 Å². The van der Waals surface area contributed by atoms with Crippen LogP contribution in [0.1, 0.15) is 232 Å². The van der Waals surface area contributed by atoms with E-state index in [1.807, 2.05) is 21.1 Å². The predicted molar refractivity (Wildman–Crippen MR) is 350 cm³/mol. The van der Waals surface area contributed by atoms with E-state index in [9.17, 15) is 19.0 Å². The molecule has 2 atom stereocenters. The highest BCUT2D eigenvalue weighted by Gasteiger charge is 2.22. The first kappa shape index (κ1) is 77.6. The molecule has 0 fully saturated rings. The van der Waals surface area contributed by atoms with Crippen LogP contribution in [0.2, 0.25) is 0 Å². The number of carbonyl (C=O) groups is 2. The number of hydrogen-bond acceptors (Lipinski definition) is 8. The Morgan fingerprint density at radius 2 is 0.659 bits per heavy atom. The normalized spacial score (nSPS) is 14.3. The second-order valence-electron chi connectivity index (χ2n) is 22.0. The minimum atomic E-state index is -4.66. The second kappa shape index (κ2) is 61.2. The Bertz CT molecular complexity index is 1940. The summed E-state index contributed by atoms with van der Waals surface area (Å²) in [5.74, 6) is -0.861. The van der Waals surface area contributed by atoms with E-state index < -0.39 is 32.5 Å². The van der Waals surface area contributed by atoms with Crippen molar-refractivity contribution in [2.75, 3.05) is 47.5 Å². The Balaban J connectivity index is 4.19.